The summed E-state index contributed by atoms with van der Waals surface area (Å²) < 4.78 is 16.3. The Morgan fingerprint density at radius 1 is 1.53 bits per heavy atom. The van der Waals surface area contributed by atoms with Gasteiger partial charge < -0.3 is 14.7 Å². The van der Waals surface area contributed by atoms with Gasteiger partial charge in [-0.2, -0.15) is 0 Å². The van der Waals surface area contributed by atoms with E-state index in [4.69, 9.17) is 14.7 Å². The van der Waals surface area contributed by atoms with Gasteiger partial charge in [0, 0.05) is 6.07 Å². The Hall–Kier alpha value is -1.48. The smallest absolute Gasteiger partial charge is 0.316 e. The molecule has 0 aromatic heterocycles. The van der Waals surface area contributed by atoms with Crippen LogP contribution in [0.4, 0.5) is 0 Å². The first-order valence-corrected chi connectivity index (χ1v) is 5.63. The summed E-state index contributed by atoms with van der Waals surface area (Å²) in [6.07, 6.45) is 0. The van der Waals surface area contributed by atoms with Crippen LogP contribution >= 0.6 is 8.03 Å². The van der Waals surface area contributed by atoms with Gasteiger partial charge in [0.2, 0.25) is 8.03 Å². The van der Waals surface area contributed by atoms with E-state index in [2.05, 4.69) is 0 Å². The molecule has 0 fully saturated rings. The molecule has 2 N–H and O–H groups in total. The molecule has 1 rings (SSSR count). The maximum atomic E-state index is 11.4. The van der Waals surface area contributed by atoms with E-state index >= 15 is 0 Å². The Kier molecular flexibility index (Phi) is 3.74. The van der Waals surface area contributed by atoms with E-state index in [1.165, 1.54) is 31.2 Å². The first-order chi connectivity index (χ1) is 7.00. The average Bonchev–Trinajstić information content (AvgIpc) is 2.16. The molecule has 1 aromatic rings. The minimum absolute atomic E-state index is 0.0229. The summed E-state index contributed by atoms with van der Waals surface area (Å²) in [5, 5.41) is 17.7. The van der Waals surface area contributed by atoms with Gasteiger partial charge in [-0.3, -0.25) is 9.36 Å². The van der Waals surface area contributed by atoms with E-state index in [0.29, 0.717) is 0 Å². The minimum atomic E-state index is -2.70. The lowest BCUT2D eigenvalue weighted by atomic mass is 10.3. The van der Waals surface area contributed by atoms with Gasteiger partial charge in [0.05, 0.1) is 0 Å². The Balaban J connectivity index is 2.70. The van der Waals surface area contributed by atoms with E-state index in [1.807, 2.05) is 0 Å². The Morgan fingerprint density at radius 2 is 2.20 bits per heavy atom. The monoisotopic (exact) mass is 230 g/mol. The van der Waals surface area contributed by atoms with E-state index in [9.17, 15) is 9.36 Å². The molecule has 0 saturated heterocycles. The summed E-state index contributed by atoms with van der Waals surface area (Å²) in [6, 6.07) is 5.73. The van der Waals surface area contributed by atoms with Crippen molar-refractivity contribution in [1.29, 1.82) is 0 Å². The fraction of sp³-hybridized carbons (Fsp3) is 0.222. The normalized spacial score (nSPS) is 14.2. The van der Waals surface area contributed by atoms with Crippen LogP contribution in [0, 0.1) is 0 Å². The number of carboxylic acid groups (broad SMARTS) is 1. The van der Waals surface area contributed by atoms with Crippen LogP contribution in [0.2, 0.25) is 0 Å². The van der Waals surface area contributed by atoms with E-state index < -0.39 is 19.7 Å². The quantitative estimate of drug-likeness (QED) is 0.769. The first-order valence-electron chi connectivity index (χ1n) is 4.24. The predicted molar refractivity (Wildman–Crippen MR) is 54.8 cm³/mol. The number of carboxylic acids is 1. The van der Waals surface area contributed by atoms with Crippen molar-refractivity contribution in [3.05, 3.63) is 24.3 Å². The molecule has 0 amide bonds. The molecule has 0 aliphatic rings. The second-order valence-electron chi connectivity index (χ2n) is 2.98. The molecule has 2 unspecified atom stereocenters. The van der Waals surface area contributed by atoms with Crippen molar-refractivity contribution in [2.24, 2.45) is 0 Å². The van der Waals surface area contributed by atoms with Gasteiger partial charge in [0.25, 0.3) is 0 Å². The van der Waals surface area contributed by atoms with Crippen molar-refractivity contribution >= 4 is 14.0 Å². The zero-order chi connectivity index (χ0) is 11.4. The summed E-state index contributed by atoms with van der Waals surface area (Å²) in [6.45, 7) is 1.31. The number of rotatable bonds is 4. The van der Waals surface area contributed by atoms with Crippen molar-refractivity contribution in [2.45, 2.75) is 12.6 Å². The fourth-order valence-electron chi connectivity index (χ4n) is 0.852. The fourth-order valence-corrected chi connectivity index (χ4v) is 1.59. The molecular formula is C9H11O5P. The highest BCUT2D eigenvalue weighted by Crippen LogP contribution is 2.33. The van der Waals surface area contributed by atoms with Gasteiger partial charge in [-0.15, -0.1) is 0 Å². The third kappa shape index (κ3) is 3.29. The third-order valence-electron chi connectivity index (χ3n) is 1.76. The predicted octanol–water partition coefficient (Wildman–Crippen LogP) is 1.72. The van der Waals surface area contributed by atoms with Crippen molar-refractivity contribution in [2.75, 3.05) is 0 Å². The summed E-state index contributed by atoms with van der Waals surface area (Å²) in [7, 11) is -2.70. The lowest BCUT2D eigenvalue weighted by Crippen LogP contribution is -2.12. The molecule has 15 heavy (non-hydrogen) atoms. The molecule has 82 valence electrons. The van der Waals surface area contributed by atoms with Crippen LogP contribution in [-0.4, -0.2) is 21.8 Å². The highest BCUT2D eigenvalue weighted by molar-refractivity contribution is 7.41. The van der Waals surface area contributed by atoms with Crippen LogP contribution in [0.25, 0.3) is 0 Å². The summed E-state index contributed by atoms with van der Waals surface area (Å²) in [5.41, 5.74) is -1.04. The number of phenols is 1. The topological polar surface area (TPSA) is 83.8 Å². The molecule has 0 spiro atoms. The van der Waals surface area contributed by atoms with Gasteiger partial charge in [-0.1, -0.05) is 6.07 Å². The molecule has 6 heteroatoms. The standard InChI is InChI=1S/C9H11O5P/c1-6(9(11)12)15(13)14-8-4-2-3-7(10)5-8/h2-6,10,15H,1H3,(H,11,12). The van der Waals surface area contributed by atoms with Crippen LogP contribution < -0.4 is 4.52 Å². The summed E-state index contributed by atoms with van der Waals surface area (Å²) >= 11 is 0. The molecule has 0 heterocycles. The van der Waals surface area contributed by atoms with Crippen molar-refractivity contribution in [3.8, 4) is 11.5 Å². The third-order valence-corrected chi connectivity index (χ3v) is 3.15. The molecule has 0 saturated carbocycles. The number of aliphatic carboxylic acids is 1. The lowest BCUT2D eigenvalue weighted by molar-refractivity contribution is -0.136. The maximum absolute atomic E-state index is 11.4. The molecule has 0 aliphatic heterocycles. The minimum Gasteiger partial charge on any atom is -0.508 e. The lowest BCUT2D eigenvalue weighted by Gasteiger charge is -2.09. The van der Waals surface area contributed by atoms with Crippen molar-refractivity contribution < 1.29 is 24.1 Å². The summed E-state index contributed by atoms with van der Waals surface area (Å²) in [5.74, 6) is -0.990. The summed E-state index contributed by atoms with van der Waals surface area (Å²) in [4.78, 5) is 10.5. The number of hydrogen-bond acceptors (Lipinski definition) is 4. The Labute approximate surface area is 87.2 Å². The second kappa shape index (κ2) is 4.84. The zero-order valence-electron chi connectivity index (χ0n) is 8.01. The largest absolute Gasteiger partial charge is 0.508 e. The van der Waals surface area contributed by atoms with Crippen LogP contribution in [0.5, 0.6) is 11.5 Å². The van der Waals surface area contributed by atoms with Crippen LogP contribution in [0.15, 0.2) is 24.3 Å². The van der Waals surface area contributed by atoms with Gasteiger partial charge >= 0.3 is 5.97 Å². The molecule has 0 radical (unpaired) electrons. The van der Waals surface area contributed by atoms with Crippen LogP contribution in [-0.2, 0) is 9.36 Å². The van der Waals surface area contributed by atoms with Crippen molar-refractivity contribution in [3.63, 3.8) is 0 Å². The number of aromatic hydroxyl groups is 1. The first kappa shape index (κ1) is 11.6. The average molecular weight is 230 g/mol. The van der Waals surface area contributed by atoms with E-state index in [0.717, 1.165) is 0 Å². The highest BCUT2D eigenvalue weighted by Gasteiger charge is 2.20. The van der Waals surface area contributed by atoms with Gasteiger partial charge in [0.1, 0.15) is 17.2 Å². The Morgan fingerprint density at radius 3 is 2.73 bits per heavy atom. The van der Waals surface area contributed by atoms with E-state index in [1.54, 1.807) is 0 Å². The maximum Gasteiger partial charge on any atom is 0.316 e. The van der Waals surface area contributed by atoms with Crippen LogP contribution in [0.3, 0.4) is 0 Å². The molecule has 0 bridgehead atoms. The molecule has 5 nitrogen and oxygen atoms in total. The second-order valence-corrected chi connectivity index (χ2v) is 4.69. The number of hydrogen-bond donors (Lipinski definition) is 2. The number of phenolic OH excluding ortho intramolecular Hbond substituents is 1. The van der Waals surface area contributed by atoms with Gasteiger partial charge in [0.15, 0.2) is 0 Å². The highest BCUT2D eigenvalue weighted by atomic mass is 31.1. The zero-order valence-corrected chi connectivity index (χ0v) is 9.01. The van der Waals surface area contributed by atoms with Crippen LogP contribution in [0.1, 0.15) is 6.92 Å². The molecule has 1 aromatic carbocycles. The SMILES string of the molecule is CC(C(=O)O)[PH](=O)Oc1cccc(O)c1. The number of benzene rings is 1. The molecular weight excluding hydrogens is 219 g/mol. The Bertz CT molecular complexity index is 390. The van der Waals surface area contributed by atoms with Crippen molar-refractivity contribution in [1.82, 2.24) is 0 Å². The number of carbonyl (C=O) groups is 1. The van der Waals surface area contributed by atoms with E-state index in [-0.39, 0.29) is 11.5 Å². The molecule has 2 atom stereocenters. The molecule has 0 aliphatic carbocycles. The van der Waals surface area contributed by atoms with Gasteiger partial charge in [-0.05, 0) is 19.1 Å². The van der Waals surface area contributed by atoms with Gasteiger partial charge in [-0.25, -0.2) is 0 Å².